The summed E-state index contributed by atoms with van der Waals surface area (Å²) in [6.45, 7) is 7.14. The van der Waals surface area contributed by atoms with Crippen LogP contribution < -0.4 is 15.4 Å². The molecule has 0 aliphatic carbocycles. The second kappa shape index (κ2) is 12.4. The van der Waals surface area contributed by atoms with Crippen LogP contribution in [0.25, 0.3) is 5.52 Å². The number of nitrogens with one attached hydrogen (secondary N) is 2. The number of fused-ring (bicyclic) bond motifs is 1. The Morgan fingerprint density at radius 2 is 1.75 bits per heavy atom. The minimum absolute atomic E-state index is 0.170. The lowest BCUT2D eigenvalue weighted by molar-refractivity contribution is 0.0950. The zero-order chi connectivity index (χ0) is 26.1. The van der Waals surface area contributed by atoms with E-state index in [-0.39, 0.29) is 5.91 Å². The molecular formula is C28H32N6O2. The molecule has 0 saturated heterocycles. The highest BCUT2D eigenvalue weighted by Gasteiger charge is 2.19. The molecule has 0 aliphatic heterocycles. The fraction of sp³-hybridized carbons (Fsp3) is 0.250. The van der Waals surface area contributed by atoms with Crippen LogP contribution in [0.15, 0.2) is 67.0 Å². The molecule has 0 radical (unpaired) electrons. The highest BCUT2D eigenvalue weighted by Crippen LogP contribution is 2.31. The number of aryl methyl sites for hydroxylation is 1. The smallest absolute Gasteiger partial charge is 0.253 e. The van der Waals surface area contributed by atoms with Crippen molar-refractivity contribution in [3.8, 4) is 17.6 Å². The zero-order valence-corrected chi connectivity index (χ0v) is 21.4. The Balaban J connectivity index is 0.00000176. The molecule has 1 amide bonds. The molecule has 2 aromatic heterocycles. The minimum atomic E-state index is -0.170. The van der Waals surface area contributed by atoms with Crippen LogP contribution >= 0.6 is 0 Å². The van der Waals surface area contributed by atoms with Gasteiger partial charge in [-0.2, -0.15) is 10.4 Å². The lowest BCUT2D eigenvalue weighted by atomic mass is 10.1. The second-order valence-electron chi connectivity index (χ2n) is 8.13. The first-order chi connectivity index (χ1) is 17.5. The molecule has 36 heavy (non-hydrogen) atoms. The number of nitriles is 1. The fourth-order valence-electron chi connectivity index (χ4n) is 3.59. The molecule has 8 heteroatoms. The maximum atomic E-state index is 12.8. The number of benzene rings is 2. The number of hydrogen-bond acceptors (Lipinski definition) is 6. The van der Waals surface area contributed by atoms with Gasteiger partial charge in [-0.15, -0.1) is 0 Å². The Morgan fingerprint density at radius 1 is 1.08 bits per heavy atom. The summed E-state index contributed by atoms with van der Waals surface area (Å²) in [5, 5.41) is 20.3. The molecule has 4 rings (SSSR count). The number of aromatic nitrogens is 2. The number of nitrogens with zero attached hydrogens (tertiary/aromatic N) is 4. The van der Waals surface area contributed by atoms with Gasteiger partial charge >= 0.3 is 0 Å². The van der Waals surface area contributed by atoms with E-state index in [0.29, 0.717) is 34.6 Å². The maximum Gasteiger partial charge on any atom is 0.253 e. The van der Waals surface area contributed by atoms with Crippen LogP contribution in [-0.2, 0) is 0 Å². The number of carbonyl (C=O) groups excluding carboxylic acids is 1. The monoisotopic (exact) mass is 484 g/mol. The van der Waals surface area contributed by atoms with E-state index in [1.807, 2.05) is 94.4 Å². The third-order valence-corrected chi connectivity index (χ3v) is 5.37. The van der Waals surface area contributed by atoms with E-state index in [4.69, 9.17) is 4.74 Å². The van der Waals surface area contributed by atoms with Crippen LogP contribution in [-0.4, -0.2) is 47.6 Å². The van der Waals surface area contributed by atoms with Crippen LogP contribution in [0, 0.1) is 18.3 Å². The average molecular weight is 485 g/mol. The molecule has 0 unspecified atom stereocenters. The third kappa shape index (κ3) is 6.20. The van der Waals surface area contributed by atoms with Gasteiger partial charge in [-0.25, -0.2) is 4.52 Å². The van der Waals surface area contributed by atoms with Gasteiger partial charge in [-0.3, -0.25) is 4.79 Å². The van der Waals surface area contributed by atoms with Gasteiger partial charge in [0.1, 0.15) is 17.6 Å². The predicted molar refractivity (Wildman–Crippen MR) is 143 cm³/mol. The molecule has 186 valence electrons. The molecule has 0 bridgehead atoms. The van der Waals surface area contributed by atoms with Gasteiger partial charge in [0.15, 0.2) is 0 Å². The van der Waals surface area contributed by atoms with Gasteiger partial charge in [0, 0.05) is 25.0 Å². The maximum absolute atomic E-state index is 12.8. The summed E-state index contributed by atoms with van der Waals surface area (Å²) in [5.41, 5.74) is 3.72. The molecule has 2 heterocycles. The van der Waals surface area contributed by atoms with Gasteiger partial charge in [0.05, 0.1) is 28.5 Å². The van der Waals surface area contributed by atoms with Crippen LogP contribution in [0.5, 0.6) is 11.5 Å². The van der Waals surface area contributed by atoms with Crippen LogP contribution in [0.4, 0.5) is 11.4 Å². The van der Waals surface area contributed by atoms with Crippen LogP contribution in [0.1, 0.15) is 35.3 Å². The van der Waals surface area contributed by atoms with Crippen molar-refractivity contribution >= 4 is 22.8 Å². The lowest BCUT2D eigenvalue weighted by Crippen LogP contribution is -2.31. The summed E-state index contributed by atoms with van der Waals surface area (Å²) in [4.78, 5) is 14.8. The van der Waals surface area contributed by atoms with Crippen molar-refractivity contribution in [3.05, 3.63) is 83.7 Å². The molecule has 4 aromatic rings. The Hall–Kier alpha value is -4.35. The Morgan fingerprint density at radius 3 is 2.39 bits per heavy atom. The van der Waals surface area contributed by atoms with Crippen molar-refractivity contribution in [2.24, 2.45) is 0 Å². The summed E-state index contributed by atoms with van der Waals surface area (Å²) < 4.78 is 7.48. The SMILES string of the molecule is CC.Cc1c(C(=O)NCCN(C)C)cn2ncc(C#N)c(Nc3ccc(Oc4ccccc4)cc3)c12. The predicted octanol–water partition coefficient (Wildman–Crippen LogP) is 5.37. The highest BCUT2D eigenvalue weighted by molar-refractivity contribution is 6.00. The van der Waals surface area contributed by atoms with Gasteiger partial charge in [-0.1, -0.05) is 32.0 Å². The van der Waals surface area contributed by atoms with Gasteiger partial charge < -0.3 is 20.3 Å². The van der Waals surface area contributed by atoms with E-state index in [0.717, 1.165) is 23.5 Å². The van der Waals surface area contributed by atoms with E-state index >= 15 is 0 Å². The minimum Gasteiger partial charge on any atom is -0.457 e. The first-order valence-corrected chi connectivity index (χ1v) is 11.9. The Kier molecular flexibility index (Phi) is 9.03. The first-order valence-electron chi connectivity index (χ1n) is 11.9. The summed E-state index contributed by atoms with van der Waals surface area (Å²) >= 11 is 0. The number of likely N-dealkylation sites (N-methyl/N-ethyl adjacent to an activating group) is 1. The number of para-hydroxylation sites is 1. The molecule has 0 aliphatic rings. The van der Waals surface area contributed by atoms with E-state index in [1.165, 1.54) is 6.20 Å². The molecule has 0 atom stereocenters. The molecule has 0 spiro atoms. The summed E-state index contributed by atoms with van der Waals surface area (Å²) in [6.07, 6.45) is 3.19. The normalized spacial score (nSPS) is 10.4. The Bertz CT molecular complexity index is 1340. The summed E-state index contributed by atoms with van der Waals surface area (Å²) in [6, 6.07) is 19.2. The van der Waals surface area contributed by atoms with Gasteiger partial charge in [0.25, 0.3) is 5.91 Å². The average Bonchev–Trinajstić information content (AvgIpc) is 3.23. The summed E-state index contributed by atoms with van der Waals surface area (Å²) in [5.74, 6) is 1.29. The molecular weight excluding hydrogens is 452 g/mol. The van der Waals surface area contributed by atoms with Crippen molar-refractivity contribution < 1.29 is 9.53 Å². The number of rotatable bonds is 8. The van der Waals surface area contributed by atoms with Crippen molar-refractivity contribution in [3.63, 3.8) is 0 Å². The molecule has 2 N–H and O–H groups in total. The van der Waals surface area contributed by atoms with E-state index in [2.05, 4.69) is 21.8 Å². The van der Waals surface area contributed by atoms with Crippen LogP contribution in [0.2, 0.25) is 0 Å². The molecule has 0 fully saturated rings. The highest BCUT2D eigenvalue weighted by atomic mass is 16.5. The Labute approximate surface area is 212 Å². The van der Waals surface area contributed by atoms with Crippen molar-refractivity contribution in [2.75, 3.05) is 32.5 Å². The van der Waals surface area contributed by atoms with E-state index in [1.54, 1.807) is 10.7 Å². The number of carbonyl (C=O) groups is 1. The van der Waals surface area contributed by atoms with Crippen molar-refractivity contribution in [1.82, 2.24) is 19.8 Å². The van der Waals surface area contributed by atoms with Crippen molar-refractivity contribution in [1.29, 1.82) is 5.26 Å². The van der Waals surface area contributed by atoms with Gasteiger partial charge in [-0.05, 0) is 63.0 Å². The third-order valence-electron chi connectivity index (χ3n) is 5.37. The second-order valence-corrected chi connectivity index (χ2v) is 8.13. The van der Waals surface area contributed by atoms with E-state index in [9.17, 15) is 10.1 Å². The van der Waals surface area contributed by atoms with Crippen LogP contribution in [0.3, 0.4) is 0 Å². The molecule has 2 aromatic carbocycles. The largest absolute Gasteiger partial charge is 0.457 e. The number of anilines is 2. The molecule has 8 nitrogen and oxygen atoms in total. The van der Waals surface area contributed by atoms with E-state index < -0.39 is 0 Å². The van der Waals surface area contributed by atoms with Crippen molar-refractivity contribution in [2.45, 2.75) is 20.8 Å². The quantitative estimate of drug-likeness (QED) is 0.349. The standard InChI is InChI=1S/C26H26N6O2.C2H6/c1-18-23(26(33)28-13-14-31(2)3)17-32-25(18)24(19(15-27)16-29-32)30-20-9-11-22(12-10-20)34-21-7-5-4-6-8-21;1-2/h4-12,16-17,30H,13-14H2,1-3H3,(H,28,33);1-2H3. The fourth-order valence-corrected chi connectivity index (χ4v) is 3.59. The number of ether oxygens (including phenoxy) is 1. The zero-order valence-electron chi connectivity index (χ0n) is 21.4. The topological polar surface area (TPSA) is 94.7 Å². The lowest BCUT2D eigenvalue weighted by Gasteiger charge is -2.12. The molecule has 0 saturated carbocycles. The van der Waals surface area contributed by atoms with Gasteiger partial charge in [0.2, 0.25) is 0 Å². The number of amides is 1. The number of hydrogen-bond donors (Lipinski definition) is 2. The summed E-state index contributed by atoms with van der Waals surface area (Å²) in [7, 11) is 3.91. The first kappa shape index (κ1) is 26.3.